The summed E-state index contributed by atoms with van der Waals surface area (Å²) in [5.74, 6) is 0.662. The molecule has 0 saturated heterocycles. The zero-order valence-corrected chi connectivity index (χ0v) is 22.7. The number of ether oxygens (including phenoxy) is 1. The molecule has 5 rings (SSSR count). The molecule has 0 saturated carbocycles. The van der Waals surface area contributed by atoms with E-state index in [-0.39, 0.29) is 17.1 Å². The van der Waals surface area contributed by atoms with Crippen LogP contribution in [0.4, 0.5) is 0 Å². The van der Waals surface area contributed by atoms with Crippen molar-refractivity contribution >= 4 is 16.9 Å². The SMILES string of the molecule is CCCCCCOc1ccc(C2c3c(oc4cc(C)c(C)cc4c3=O)C(=O)N2Cc2ccc(C)cc2)cc1. The van der Waals surface area contributed by atoms with Crippen LogP contribution in [0.1, 0.15) is 82.6 Å². The summed E-state index contributed by atoms with van der Waals surface area (Å²) in [5, 5.41) is 0.508. The maximum Gasteiger partial charge on any atom is 0.291 e. The molecule has 196 valence electrons. The number of unbranched alkanes of at least 4 members (excludes halogenated alkanes) is 3. The molecule has 1 atom stereocenters. The van der Waals surface area contributed by atoms with Gasteiger partial charge in [0, 0.05) is 6.54 Å². The number of rotatable bonds is 9. The van der Waals surface area contributed by atoms with Crippen LogP contribution in [-0.4, -0.2) is 17.4 Å². The molecular formula is C33H35NO4. The lowest BCUT2D eigenvalue weighted by Crippen LogP contribution is -2.29. The standard InChI is InChI=1S/C33H35NO4/c1-5-6-7-8-17-37-26-15-13-25(14-16-26)30-29-31(35)27-18-22(3)23(4)19-28(27)38-32(29)33(36)34(30)20-24-11-9-21(2)10-12-24/h9-16,18-19,30H,5-8,17,20H2,1-4H3. The molecule has 0 bridgehead atoms. The number of benzene rings is 3. The first-order valence-electron chi connectivity index (χ1n) is 13.5. The third-order valence-electron chi connectivity index (χ3n) is 7.52. The number of hydrogen-bond donors (Lipinski definition) is 0. The van der Waals surface area contributed by atoms with E-state index in [4.69, 9.17) is 9.15 Å². The van der Waals surface area contributed by atoms with Crippen LogP contribution in [0, 0.1) is 20.8 Å². The molecule has 0 radical (unpaired) electrons. The Labute approximate surface area is 224 Å². The highest BCUT2D eigenvalue weighted by Crippen LogP contribution is 2.40. The highest BCUT2D eigenvalue weighted by Gasteiger charge is 2.42. The number of carbonyl (C=O) groups is 1. The van der Waals surface area contributed by atoms with Crippen molar-refractivity contribution in [3.8, 4) is 5.75 Å². The number of fused-ring (bicyclic) bond motifs is 2. The molecule has 1 aromatic heterocycles. The maximum absolute atomic E-state index is 13.9. The van der Waals surface area contributed by atoms with E-state index < -0.39 is 6.04 Å². The number of amides is 1. The number of hydrogen-bond acceptors (Lipinski definition) is 4. The molecule has 0 spiro atoms. The zero-order chi connectivity index (χ0) is 26.8. The Bertz CT molecular complexity index is 1520. The van der Waals surface area contributed by atoms with Crippen LogP contribution in [0.15, 0.2) is 69.9 Å². The van der Waals surface area contributed by atoms with Gasteiger partial charge in [-0.1, -0.05) is 68.1 Å². The van der Waals surface area contributed by atoms with Crippen molar-refractivity contribution in [3.63, 3.8) is 0 Å². The van der Waals surface area contributed by atoms with Gasteiger partial charge in [-0.05, 0) is 73.7 Å². The van der Waals surface area contributed by atoms with Crippen molar-refractivity contribution in [2.24, 2.45) is 0 Å². The van der Waals surface area contributed by atoms with Crippen molar-refractivity contribution < 1.29 is 13.9 Å². The van der Waals surface area contributed by atoms with Crippen LogP contribution in [0.2, 0.25) is 0 Å². The second-order valence-electron chi connectivity index (χ2n) is 10.4. The summed E-state index contributed by atoms with van der Waals surface area (Å²) in [7, 11) is 0. The molecule has 4 aromatic rings. The fraction of sp³-hybridized carbons (Fsp3) is 0.333. The quantitative estimate of drug-likeness (QED) is 0.220. The smallest absolute Gasteiger partial charge is 0.291 e. The van der Waals surface area contributed by atoms with Crippen LogP contribution < -0.4 is 10.2 Å². The molecule has 5 nitrogen and oxygen atoms in total. The second-order valence-corrected chi connectivity index (χ2v) is 10.4. The van der Waals surface area contributed by atoms with Crippen molar-refractivity contribution in [1.82, 2.24) is 4.90 Å². The van der Waals surface area contributed by atoms with Crippen LogP contribution >= 0.6 is 0 Å². The minimum atomic E-state index is -0.542. The van der Waals surface area contributed by atoms with E-state index in [9.17, 15) is 9.59 Å². The summed E-state index contributed by atoms with van der Waals surface area (Å²) in [4.78, 5) is 29.4. The van der Waals surface area contributed by atoms with Crippen molar-refractivity contribution in [2.75, 3.05) is 6.61 Å². The summed E-state index contributed by atoms with van der Waals surface area (Å²) in [6.45, 7) is 9.24. The molecular weight excluding hydrogens is 474 g/mol. The number of carbonyl (C=O) groups excluding carboxylic acids is 1. The Hall–Kier alpha value is -3.86. The minimum absolute atomic E-state index is 0.138. The Morgan fingerprint density at radius 2 is 1.58 bits per heavy atom. The minimum Gasteiger partial charge on any atom is -0.494 e. The summed E-state index contributed by atoms with van der Waals surface area (Å²) in [5.41, 5.74) is 5.76. The van der Waals surface area contributed by atoms with E-state index in [1.54, 1.807) is 4.90 Å². The van der Waals surface area contributed by atoms with Crippen LogP contribution in [0.5, 0.6) is 5.75 Å². The molecule has 1 aliphatic heterocycles. The van der Waals surface area contributed by atoms with Crippen molar-refractivity contribution in [3.05, 3.63) is 110 Å². The highest BCUT2D eigenvalue weighted by molar-refractivity contribution is 5.99. The Morgan fingerprint density at radius 3 is 2.29 bits per heavy atom. The van der Waals surface area contributed by atoms with Gasteiger partial charge in [0.1, 0.15) is 11.3 Å². The van der Waals surface area contributed by atoms with Gasteiger partial charge < -0.3 is 14.1 Å². The number of aryl methyl sites for hydroxylation is 3. The molecule has 0 fully saturated rings. The summed E-state index contributed by atoms with van der Waals surface area (Å²) >= 11 is 0. The average molecular weight is 510 g/mol. The van der Waals surface area contributed by atoms with Gasteiger partial charge in [0.25, 0.3) is 5.91 Å². The number of nitrogens with zero attached hydrogens (tertiary/aromatic N) is 1. The first kappa shape index (κ1) is 25.8. The van der Waals surface area contributed by atoms with Crippen molar-refractivity contribution in [1.29, 1.82) is 0 Å². The van der Waals surface area contributed by atoms with Gasteiger partial charge in [0.2, 0.25) is 5.76 Å². The van der Waals surface area contributed by atoms with Gasteiger partial charge in [-0.25, -0.2) is 0 Å². The van der Waals surface area contributed by atoms with Gasteiger partial charge in [-0.15, -0.1) is 0 Å². The molecule has 5 heteroatoms. The summed E-state index contributed by atoms with van der Waals surface area (Å²) in [6, 6.07) is 19.1. The van der Waals surface area contributed by atoms with Crippen molar-refractivity contribution in [2.45, 2.75) is 66.0 Å². The topological polar surface area (TPSA) is 59.8 Å². The van der Waals surface area contributed by atoms with E-state index in [1.807, 2.05) is 81.4 Å². The normalized spacial score (nSPS) is 14.8. The second kappa shape index (κ2) is 10.9. The summed E-state index contributed by atoms with van der Waals surface area (Å²) in [6.07, 6.45) is 4.59. The van der Waals surface area contributed by atoms with Gasteiger partial charge in [0.05, 0.1) is 23.6 Å². The Kier molecular flexibility index (Phi) is 7.37. The van der Waals surface area contributed by atoms with Crippen LogP contribution in [-0.2, 0) is 6.54 Å². The first-order valence-corrected chi connectivity index (χ1v) is 13.5. The van der Waals surface area contributed by atoms with E-state index in [0.717, 1.165) is 46.4 Å². The lowest BCUT2D eigenvalue weighted by molar-refractivity contribution is 0.0714. The van der Waals surface area contributed by atoms with Gasteiger partial charge in [-0.2, -0.15) is 0 Å². The molecule has 1 unspecified atom stereocenters. The van der Waals surface area contributed by atoms with E-state index >= 15 is 0 Å². The maximum atomic E-state index is 13.9. The van der Waals surface area contributed by atoms with Gasteiger partial charge >= 0.3 is 0 Å². The molecule has 2 heterocycles. The Balaban J connectivity index is 1.54. The predicted octanol–water partition coefficient (Wildman–Crippen LogP) is 7.42. The zero-order valence-electron chi connectivity index (χ0n) is 22.7. The molecule has 1 aliphatic rings. The lowest BCUT2D eigenvalue weighted by atomic mass is 9.97. The fourth-order valence-electron chi connectivity index (χ4n) is 5.14. The summed E-state index contributed by atoms with van der Waals surface area (Å²) < 4.78 is 12.1. The fourth-order valence-corrected chi connectivity index (χ4v) is 5.14. The Morgan fingerprint density at radius 1 is 0.868 bits per heavy atom. The van der Waals surface area contributed by atoms with E-state index in [2.05, 4.69) is 6.92 Å². The monoisotopic (exact) mass is 509 g/mol. The third-order valence-corrected chi connectivity index (χ3v) is 7.52. The van der Waals surface area contributed by atoms with Crippen LogP contribution in [0.25, 0.3) is 11.0 Å². The third kappa shape index (κ3) is 4.98. The van der Waals surface area contributed by atoms with Gasteiger partial charge in [-0.3, -0.25) is 9.59 Å². The first-order chi connectivity index (χ1) is 18.4. The highest BCUT2D eigenvalue weighted by atomic mass is 16.5. The largest absolute Gasteiger partial charge is 0.494 e. The van der Waals surface area contributed by atoms with E-state index in [1.165, 1.54) is 12.8 Å². The average Bonchev–Trinajstić information content (AvgIpc) is 3.18. The van der Waals surface area contributed by atoms with Crippen LogP contribution in [0.3, 0.4) is 0 Å². The van der Waals surface area contributed by atoms with Gasteiger partial charge in [0.15, 0.2) is 5.43 Å². The molecule has 0 aliphatic carbocycles. The predicted molar refractivity (Wildman–Crippen MR) is 151 cm³/mol. The molecule has 0 N–H and O–H groups in total. The molecule has 3 aromatic carbocycles. The van der Waals surface area contributed by atoms with E-state index in [0.29, 0.717) is 29.7 Å². The molecule has 38 heavy (non-hydrogen) atoms. The lowest BCUT2D eigenvalue weighted by Gasteiger charge is -2.25. The molecule has 1 amide bonds.